The Kier molecular flexibility index (Phi) is 7.32. The molecular formula is C21H20ClN3O4S2. The third-order valence-electron chi connectivity index (χ3n) is 4.27. The summed E-state index contributed by atoms with van der Waals surface area (Å²) in [5, 5.41) is 6.20. The summed E-state index contributed by atoms with van der Waals surface area (Å²) in [6.45, 7) is 1.27. The molecule has 0 aliphatic carbocycles. The van der Waals surface area contributed by atoms with E-state index in [2.05, 4.69) is 10.5 Å². The van der Waals surface area contributed by atoms with Gasteiger partial charge in [-0.15, -0.1) is 11.3 Å². The molecule has 0 aliphatic rings. The number of nitrogens with one attached hydrogen (secondary N) is 1. The summed E-state index contributed by atoms with van der Waals surface area (Å²) in [6, 6.07) is 16.1. The van der Waals surface area contributed by atoms with E-state index in [4.69, 9.17) is 16.3 Å². The van der Waals surface area contributed by atoms with Crippen molar-refractivity contribution < 1.29 is 17.9 Å². The van der Waals surface area contributed by atoms with Gasteiger partial charge in [0, 0.05) is 4.88 Å². The van der Waals surface area contributed by atoms with Crippen LogP contribution < -0.4 is 14.5 Å². The first-order valence-corrected chi connectivity index (χ1v) is 11.8. The largest absolute Gasteiger partial charge is 0.495 e. The lowest BCUT2D eigenvalue weighted by molar-refractivity contribution is -0.119. The van der Waals surface area contributed by atoms with Crippen molar-refractivity contribution in [2.24, 2.45) is 5.10 Å². The third kappa shape index (κ3) is 5.43. The third-order valence-corrected chi connectivity index (χ3v) is 7.33. The average molecular weight is 478 g/mol. The summed E-state index contributed by atoms with van der Waals surface area (Å²) >= 11 is 7.68. The van der Waals surface area contributed by atoms with Crippen LogP contribution in [0.1, 0.15) is 11.8 Å². The first-order chi connectivity index (χ1) is 14.8. The van der Waals surface area contributed by atoms with Crippen molar-refractivity contribution in [1.29, 1.82) is 0 Å². The zero-order valence-corrected chi connectivity index (χ0v) is 19.2. The predicted octanol–water partition coefficient (Wildman–Crippen LogP) is 4.15. The van der Waals surface area contributed by atoms with Gasteiger partial charge in [0.25, 0.3) is 15.9 Å². The quantitative estimate of drug-likeness (QED) is 0.390. The number of benzene rings is 2. The Hall–Kier alpha value is -2.88. The van der Waals surface area contributed by atoms with Gasteiger partial charge in [-0.25, -0.2) is 13.8 Å². The predicted molar refractivity (Wildman–Crippen MR) is 124 cm³/mol. The zero-order valence-electron chi connectivity index (χ0n) is 16.8. The summed E-state index contributed by atoms with van der Waals surface area (Å²) < 4.78 is 32.7. The highest BCUT2D eigenvalue weighted by molar-refractivity contribution is 7.92. The van der Waals surface area contributed by atoms with Crippen molar-refractivity contribution in [2.75, 3.05) is 18.0 Å². The second kappa shape index (κ2) is 9.95. The van der Waals surface area contributed by atoms with Crippen molar-refractivity contribution in [2.45, 2.75) is 11.8 Å². The van der Waals surface area contributed by atoms with E-state index in [1.165, 1.54) is 42.7 Å². The molecule has 0 fully saturated rings. The first kappa shape index (κ1) is 22.8. The Labute approximate surface area is 190 Å². The van der Waals surface area contributed by atoms with Crippen molar-refractivity contribution in [3.8, 4) is 5.75 Å². The molecule has 0 unspecified atom stereocenters. The molecule has 1 aromatic heterocycles. The van der Waals surface area contributed by atoms with Gasteiger partial charge in [0.15, 0.2) is 0 Å². The van der Waals surface area contributed by atoms with E-state index >= 15 is 0 Å². The van der Waals surface area contributed by atoms with Crippen molar-refractivity contribution in [3.05, 3.63) is 75.9 Å². The van der Waals surface area contributed by atoms with Crippen LogP contribution in [0.5, 0.6) is 5.75 Å². The fourth-order valence-corrected chi connectivity index (χ4v) is 5.06. The number of hydrogen-bond donors (Lipinski definition) is 1. The lowest BCUT2D eigenvalue weighted by Gasteiger charge is -2.24. The molecule has 0 radical (unpaired) electrons. The summed E-state index contributed by atoms with van der Waals surface area (Å²) in [6.07, 6.45) is 0. The van der Waals surface area contributed by atoms with Crippen molar-refractivity contribution in [1.82, 2.24) is 5.43 Å². The van der Waals surface area contributed by atoms with Crippen LogP contribution in [0.4, 0.5) is 5.69 Å². The number of hydrogen-bond acceptors (Lipinski definition) is 6. The molecule has 162 valence electrons. The van der Waals surface area contributed by atoms with E-state index in [0.29, 0.717) is 11.5 Å². The molecule has 1 N–H and O–H groups in total. The molecule has 0 saturated heterocycles. The molecule has 1 heterocycles. The SMILES string of the molecule is COc1ccc(N(CC(=O)NN=C(C)c2cccs2)S(=O)(=O)c2ccccc2)cc1Cl. The normalized spacial score (nSPS) is 11.8. The van der Waals surface area contributed by atoms with Gasteiger partial charge in [-0.05, 0) is 48.7 Å². The molecule has 3 rings (SSSR count). The zero-order chi connectivity index (χ0) is 22.4. The number of ether oxygens (including phenoxy) is 1. The highest BCUT2D eigenvalue weighted by Gasteiger charge is 2.27. The molecule has 31 heavy (non-hydrogen) atoms. The van der Waals surface area contributed by atoms with Crippen molar-refractivity contribution >= 4 is 50.3 Å². The van der Waals surface area contributed by atoms with E-state index in [9.17, 15) is 13.2 Å². The maximum Gasteiger partial charge on any atom is 0.264 e. The minimum Gasteiger partial charge on any atom is -0.495 e. The number of carbonyl (C=O) groups is 1. The fraction of sp³-hybridized carbons (Fsp3) is 0.143. The van der Waals surface area contributed by atoms with Crippen LogP contribution in [0, 0.1) is 0 Å². The van der Waals surface area contributed by atoms with E-state index in [1.807, 2.05) is 17.5 Å². The smallest absolute Gasteiger partial charge is 0.264 e. The van der Waals surface area contributed by atoms with Gasteiger partial charge in [0.2, 0.25) is 0 Å². The molecule has 0 atom stereocenters. The van der Waals surface area contributed by atoms with Crippen LogP contribution >= 0.6 is 22.9 Å². The Morgan fingerprint density at radius 2 is 1.90 bits per heavy atom. The number of halogens is 1. The molecule has 0 spiro atoms. The molecule has 7 nitrogen and oxygen atoms in total. The highest BCUT2D eigenvalue weighted by atomic mass is 35.5. The van der Waals surface area contributed by atoms with E-state index in [1.54, 1.807) is 31.2 Å². The Bertz CT molecular complexity index is 1180. The first-order valence-electron chi connectivity index (χ1n) is 9.11. The molecule has 0 aliphatic heterocycles. The number of nitrogens with zero attached hydrogens (tertiary/aromatic N) is 2. The maximum atomic E-state index is 13.3. The molecule has 3 aromatic rings. The Morgan fingerprint density at radius 3 is 2.52 bits per heavy atom. The number of hydrazone groups is 1. The summed E-state index contributed by atoms with van der Waals surface area (Å²) in [7, 11) is -2.58. The average Bonchev–Trinajstić information content (AvgIpc) is 3.31. The Balaban J connectivity index is 1.91. The van der Waals surface area contributed by atoms with Gasteiger partial charge in [0.1, 0.15) is 12.3 Å². The molecule has 2 aromatic carbocycles. The molecule has 10 heteroatoms. The van der Waals surface area contributed by atoms with Gasteiger partial charge in [-0.2, -0.15) is 5.10 Å². The van der Waals surface area contributed by atoms with Gasteiger partial charge in [-0.3, -0.25) is 9.10 Å². The topological polar surface area (TPSA) is 88.1 Å². The monoisotopic (exact) mass is 477 g/mol. The van der Waals surface area contributed by atoms with E-state index in [0.717, 1.165) is 9.18 Å². The number of methoxy groups -OCH3 is 1. The second-order valence-electron chi connectivity index (χ2n) is 6.35. The van der Waals surface area contributed by atoms with Crippen LogP contribution in [0.2, 0.25) is 5.02 Å². The number of thiophene rings is 1. The number of anilines is 1. The summed E-state index contributed by atoms with van der Waals surface area (Å²) in [5.74, 6) is -0.203. The minimum absolute atomic E-state index is 0.0491. The minimum atomic E-state index is -4.04. The second-order valence-corrected chi connectivity index (χ2v) is 9.57. The lowest BCUT2D eigenvalue weighted by atomic mass is 10.3. The van der Waals surface area contributed by atoms with Gasteiger partial charge < -0.3 is 4.74 Å². The maximum absolute atomic E-state index is 13.3. The molecule has 0 bridgehead atoms. The fourth-order valence-electron chi connectivity index (χ4n) is 2.70. The standard InChI is InChI=1S/C21H20ClN3O4S2/c1-15(20-9-6-12-30-20)23-24-21(26)14-25(16-10-11-19(29-2)18(22)13-16)31(27,28)17-7-4-3-5-8-17/h3-13H,14H2,1-2H3,(H,24,26). The molecular weight excluding hydrogens is 458 g/mol. The van der Waals surface area contributed by atoms with Crippen LogP contribution in [0.25, 0.3) is 0 Å². The van der Waals surface area contributed by atoms with Crippen LogP contribution in [0.15, 0.2) is 76.0 Å². The summed E-state index contributed by atoms with van der Waals surface area (Å²) in [4.78, 5) is 13.6. The lowest BCUT2D eigenvalue weighted by Crippen LogP contribution is -2.39. The number of sulfonamides is 1. The molecule has 0 saturated carbocycles. The Morgan fingerprint density at radius 1 is 1.16 bits per heavy atom. The van der Waals surface area contributed by atoms with Gasteiger partial charge in [0.05, 0.1) is 28.4 Å². The number of amides is 1. The van der Waals surface area contributed by atoms with Crippen LogP contribution in [-0.4, -0.2) is 33.7 Å². The van der Waals surface area contributed by atoms with E-state index in [-0.39, 0.29) is 15.6 Å². The van der Waals surface area contributed by atoms with E-state index < -0.39 is 22.5 Å². The van der Waals surface area contributed by atoms with Gasteiger partial charge >= 0.3 is 0 Å². The van der Waals surface area contributed by atoms with Crippen LogP contribution in [0.3, 0.4) is 0 Å². The number of carbonyl (C=O) groups excluding carboxylic acids is 1. The van der Waals surface area contributed by atoms with Crippen molar-refractivity contribution in [3.63, 3.8) is 0 Å². The summed E-state index contributed by atoms with van der Waals surface area (Å²) in [5.41, 5.74) is 3.27. The van der Waals surface area contributed by atoms with Crippen LogP contribution in [-0.2, 0) is 14.8 Å². The number of rotatable bonds is 8. The molecule has 1 amide bonds. The van der Waals surface area contributed by atoms with Gasteiger partial charge in [-0.1, -0.05) is 35.9 Å². The highest BCUT2D eigenvalue weighted by Crippen LogP contribution is 2.31.